The Morgan fingerprint density at radius 2 is 1.96 bits per heavy atom. The average Bonchev–Trinajstić information content (AvgIpc) is 3.06. The minimum atomic E-state index is 0.00149. The predicted molar refractivity (Wildman–Crippen MR) is 94.3 cm³/mol. The molecule has 1 aliphatic rings. The maximum absolute atomic E-state index is 12.0. The molecule has 0 aromatic carbocycles. The number of methoxy groups -OCH3 is 1. The Balaban J connectivity index is 2.07. The van der Waals surface area contributed by atoms with Gasteiger partial charge in [-0.15, -0.1) is 0 Å². The molecule has 0 spiro atoms. The predicted octanol–water partition coefficient (Wildman–Crippen LogP) is 1.12. The van der Waals surface area contributed by atoms with Crippen molar-refractivity contribution in [1.82, 2.24) is 20.2 Å². The maximum Gasteiger partial charge on any atom is 0.248 e. The topological polar surface area (TPSA) is 84.4 Å². The first-order valence-corrected chi connectivity index (χ1v) is 8.83. The Morgan fingerprint density at radius 3 is 2.56 bits per heavy atom. The lowest BCUT2D eigenvalue weighted by Gasteiger charge is -2.17. The molecular formula is C18H28N4O3. The fraction of sp³-hybridized carbons (Fsp3) is 0.667. The van der Waals surface area contributed by atoms with E-state index >= 15 is 0 Å². The van der Waals surface area contributed by atoms with E-state index in [1.807, 2.05) is 20.8 Å². The third-order valence-corrected chi connectivity index (χ3v) is 4.52. The summed E-state index contributed by atoms with van der Waals surface area (Å²) in [5, 5.41) is 2.88. The summed E-state index contributed by atoms with van der Waals surface area (Å²) in [6.07, 6.45) is 2.07. The zero-order chi connectivity index (χ0) is 18.4. The number of likely N-dealkylation sites (tertiary alicyclic amines) is 1. The Hall–Kier alpha value is -2.02. The maximum atomic E-state index is 12.0. The van der Waals surface area contributed by atoms with Gasteiger partial charge in [-0.05, 0) is 26.7 Å². The molecule has 0 saturated carbocycles. The number of nitrogens with one attached hydrogen (secondary N) is 1. The number of rotatable bonds is 7. The van der Waals surface area contributed by atoms with Crippen LogP contribution in [0.2, 0.25) is 0 Å². The Kier molecular flexibility index (Phi) is 6.87. The van der Waals surface area contributed by atoms with E-state index in [-0.39, 0.29) is 24.3 Å². The molecule has 1 N–H and O–H groups in total. The van der Waals surface area contributed by atoms with Crippen LogP contribution < -0.4 is 5.32 Å². The molecule has 138 valence electrons. The van der Waals surface area contributed by atoms with E-state index in [0.29, 0.717) is 26.1 Å². The first-order chi connectivity index (χ1) is 12.0. The van der Waals surface area contributed by atoms with E-state index in [9.17, 15) is 9.59 Å². The van der Waals surface area contributed by atoms with E-state index < -0.39 is 0 Å². The molecule has 7 nitrogen and oxygen atoms in total. The van der Waals surface area contributed by atoms with Crippen molar-refractivity contribution in [1.29, 1.82) is 0 Å². The molecule has 0 radical (unpaired) electrons. The largest absolute Gasteiger partial charge is 0.375 e. The van der Waals surface area contributed by atoms with Crippen LogP contribution in [-0.2, 0) is 20.7 Å². The van der Waals surface area contributed by atoms with Crippen LogP contribution in [0.4, 0.5) is 0 Å². The van der Waals surface area contributed by atoms with Gasteiger partial charge in [-0.2, -0.15) is 0 Å². The molecule has 1 aromatic heterocycles. The van der Waals surface area contributed by atoms with Crippen molar-refractivity contribution in [2.24, 2.45) is 0 Å². The molecule has 0 aliphatic carbocycles. The van der Waals surface area contributed by atoms with Crippen LogP contribution in [0, 0.1) is 13.8 Å². The average molecular weight is 348 g/mol. The van der Waals surface area contributed by atoms with Gasteiger partial charge in [0.15, 0.2) is 0 Å². The van der Waals surface area contributed by atoms with Gasteiger partial charge in [0.25, 0.3) is 0 Å². The molecule has 2 heterocycles. The zero-order valence-electron chi connectivity index (χ0n) is 15.6. The van der Waals surface area contributed by atoms with E-state index in [2.05, 4.69) is 15.3 Å². The lowest BCUT2D eigenvalue weighted by Crippen LogP contribution is -2.31. The van der Waals surface area contributed by atoms with Gasteiger partial charge < -0.3 is 15.0 Å². The second-order valence-electron chi connectivity index (χ2n) is 6.52. The highest BCUT2D eigenvalue weighted by atomic mass is 16.5. The van der Waals surface area contributed by atoms with E-state index in [4.69, 9.17) is 4.74 Å². The molecule has 0 bridgehead atoms. The summed E-state index contributed by atoms with van der Waals surface area (Å²) in [6.45, 7) is 7.98. The third kappa shape index (κ3) is 4.98. The van der Waals surface area contributed by atoms with Crippen molar-refractivity contribution in [3.63, 3.8) is 0 Å². The fourth-order valence-electron chi connectivity index (χ4n) is 3.10. The van der Waals surface area contributed by atoms with Crippen LogP contribution in [-0.4, -0.2) is 60.0 Å². The van der Waals surface area contributed by atoms with Crippen molar-refractivity contribution in [3.8, 4) is 0 Å². The van der Waals surface area contributed by atoms with Crippen molar-refractivity contribution in [3.05, 3.63) is 22.8 Å². The van der Waals surface area contributed by atoms with Gasteiger partial charge in [0.05, 0.1) is 6.42 Å². The van der Waals surface area contributed by atoms with Crippen LogP contribution in [0.5, 0.6) is 0 Å². The lowest BCUT2D eigenvalue weighted by molar-refractivity contribution is -0.134. The van der Waals surface area contributed by atoms with E-state index in [1.54, 1.807) is 4.90 Å². The quantitative estimate of drug-likeness (QED) is 0.798. The number of aromatic nitrogens is 2. The first kappa shape index (κ1) is 19.3. The summed E-state index contributed by atoms with van der Waals surface area (Å²) < 4.78 is 4.92. The lowest BCUT2D eigenvalue weighted by atomic mass is 10.0. The van der Waals surface area contributed by atoms with Gasteiger partial charge in [0.2, 0.25) is 11.8 Å². The molecular weight excluding hydrogens is 320 g/mol. The van der Waals surface area contributed by atoms with Crippen LogP contribution in [0.25, 0.3) is 0 Å². The zero-order valence-corrected chi connectivity index (χ0v) is 15.6. The Morgan fingerprint density at radius 1 is 1.28 bits per heavy atom. The summed E-state index contributed by atoms with van der Waals surface area (Å²) in [4.78, 5) is 35.0. The minimum Gasteiger partial charge on any atom is -0.375 e. The van der Waals surface area contributed by atoms with Crippen molar-refractivity contribution >= 4 is 11.8 Å². The summed E-state index contributed by atoms with van der Waals surface area (Å²) >= 11 is 0. The van der Waals surface area contributed by atoms with Crippen LogP contribution in [0.1, 0.15) is 48.5 Å². The van der Waals surface area contributed by atoms with Gasteiger partial charge in [0, 0.05) is 49.6 Å². The van der Waals surface area contributed by atoms with Gasteiger partial charge in [0.1, 0.15) is 12.4 Å². The number of nitrogens with zero attached hydrogens (tertiary/aromatic N) is 3. The smallest absolute Gasteiger partial charge is 0.248 e. The monoisotopic (exact) mass is 348 g/mol. The molecule has 1 atom stereocenters. The van der Waals surface area contributed by atoms with Crippen LogP contribution in [0.3, 0.4) is 0 Å². The molecule has 1 unspecified atom stereocenters. The Labute approximate surface area is 149 Å². The van der Waals surface area contributed by atoms with Gasteiger partial charge in [-0.1, -0.05) is 6.92 Å². The molecule has 25 heavy (non-hydrogen) atoms. The number of carbonyl (C=O) groups is 2. The molecule has 2 rings (SSSR count). The number of carbonyl (C=O) groups excluding carboxylic acids is 2. The second kappa shape index (κ2) is 8.89. The van der Waals surface area contributed by atoms with Gasteiger partial charge in [-0.3, -0.25) is 9.59 Å². The van der Waals surface area contributed by atoms with E-state index in [1.165, 1.54) is 7.11 Å². The number of aryl methyl sites for hydroxylation is 2. The normalized spacial score (nSPS) is 17.0. The molecule has 1 saturated heterocycles. The first-order valence-electron chi connectivity index (χ1n) is 8.83. The number of hydrogen-bond donors (Lipinski definition) is 1. The number of amides is 2. The highest BCUT2D eigenvalue weighted by molar-refractivity contribution is 5.79. The van der Waals surface area contributed by atoms with Crippen molar-refractivity contribution in [2.75, 3.05) is 33.4 Å². The summed E-state index contributed by atoms with van der Waals surface area (Å²) in [6, 6.07) is 0. The number of hydrogen-bond acceptors (Lipinski definition) is 5. The summed E-state index contributed by atoms with van der Waals surface area (Å²) in [5.41, 5.74) is 2.58. The summed E-state index contributed by atoms with van der Waals surface area (Å²) in [7, 11) is 1.52. The fourth-order valence-corrected chi connectivity index (χ4v) is 3.10. The van der Waals surface area contributed by atoms with E-state index in [0.717, 1.165) is 35.6 Å². The van der Waals surface area contributed by atoms with Crippen LogP contribution >= 0.6 is 0 Å². The van der Waals surface area contributed by atoms with Crippen LogP contribution in [0.15, 0.2) is 0 Å². The van der Waals surface area contributed by atoms with Gasteiger partial charge in [-0.25, -0.2) is 9.97 Å². The Bertz CT molecular complexity index is 610. The second-order valence-corrected chi connectivity index (χ2v) is 6.52. The van der Waals surface area contributed by atoms with Gasteiger partial charge >= 0.3 is 0 Å². The standard InChI is InChI=1S/C18H28N4O3/c1-5-7-19-16(23)9-15-12(2)20-18(21-13(15)3)14-6-8-22(10-14)17(24)11-25-4/h14H,5-11H2,1-4H3,(H,19,23). The SMILES string of the molecule is CCCNC(=O)Cc1c(C)nc(C2CCN(C(=O)COC)C2)nc1C. The number of ether oxygens (including phenoxy) is 1. The highest BCUT2D eigenvalue weighted by Crippen LogP contribution is 2.26. The van der Waals surface area contributed by atoms with Crippen molar-refractivity contribution < 1.29 is 14.3 Å². The molecule has 1 aromatic rings. The third-order valence-electron chi connectivity index (χ3n) is 4.52. The molecule has 1 fully saturated rings. The molecule has 2 amide bonds. The summed E-state index contributed by atoms with van der Waals surface area (Å²) in [5.74, 6) is 0.908. The molecule has 7 heteroatoms. The minimum absolute atomic E-state index is 0.00149. The highest BCUT2D eigenvalue weighted by Gasteiger charge is 2.29. The van der Waals surface area contributed by atoms with Crippen molar-refractivity contribution in [2.45, 2.75) is 46.0 Å². The molecule has 1 aliphatic heterocycles.